The molecule has 160 valence electrons. The molecule has 0 aliphatic carbocycles. The highest BCUT2D eigenvalue weighted by Gasteiger charge is 2.32. The molecule has 0 unspecified atom stereocenters. The zero-order valence-corrected chi connectivity index (χ0v) is 17.5. The average molecular weight is 453 g/mol. The second-order valence-electron chi connectivity index (χ2n) is 6.52. The summed E-state index contributed by atoms with van der Waals surface area (Å²) in [5.74, 6) is 0.120. The van der Waals surface area contributed by atoms with E-state index in [2.05, 4.69) is 24.9 Å². The normalized spacial score (nSPS) is 15.2. The molecule has 3 rings (SSSR count). The molecule has 2 aromatic rings. The topological polar surface area (TPSA) is 208 Å². The van der Waals surface area contributed by atoms with Crippen LogP contribution in [-0.4, -0.2) is 46.9 Å². The van der Waals surface area contributed by atoms with Gasteiger partial charge in [-0.3, -0.25) is 0 Å². The van der Waals surface area contributed by atoms with Crippen molar-refractivity contribution in [1.82, 2.24) is 9.71 Å². The number of benzene rings is 1. The number of nitrogens with one attached hydrogen (secondary N) is 1. The zero-order valence-electron chi connectivity index (χ0n) is 15.8. The number of aliphatic imine (C=N–C) groups is 1. The van der Waals surface area contributed by atoms with Crippen LogP contribution in [0.25, 0.3) is 11.1 Å². The second kappa shape index (κ2) is 8.16. The maximum absolute atomic E-state index is 12.9. The van der Waals surface area contributed by atoms with Gasteiger partial charge < -0.3 is 11.5 Å². The van der Waals surface area contributed by atoms with Crippen LogP contribution in [0.1, 0.15) is 12.5 Å². The molecular formula is C16H20N8O4S2. The van der Waals surface area contributed by atoms with Crippen LogP contribution in [-0.2, 0) is 20.0 Å². The number of hydrogen-bond donors (Lipinski definition) is 4. The van der Waals surface area contributed by atoms with Crippen LogP contribution < -0.4 is 21.3 Å². The van der Waals surface area contributed by atoms with Crippen molar-refractivity contribution >= 4 is 31.7 Å². The van der Waals surface area contributed by atoms with Crippen LogP contribution >= 0.6 is 0 Å². The number of azo groups is 1. The van der Waals surface area contributed by atoms with E-state index in [0.717, 1.165) is 6.07 Å². The quantitative estimate of drug-likeness (QED) is 0.443. The Morgan fingerprint density at radius 2 is 1.93 bits per heavy atom. The molecule has 2 heterocycles. The number of primary sulfonamides is 1. The van der Waals surface area contributed by atoms with E-state index in [-0.39, 0.29) is 30.4 Å². The number of hydrogen-bond acceptors (Lipinski definition) is 10. The van der Waals surface area contributed by atoms with Crippen molar-refractivity contribution in [3.63, 3.8) is 0 Å². The molecule has 1 atom stereocenters. The third-order valence-corrected chi connectivity index (χ3v) is 6.64. The lowest BCUT2D eigenvalue weighted by molar-refractivity contribution is 0.567. The van der Waals surface area contributed by atoms with Gasteiger partial charge >= 0.3 is 0 Å². The highest BCUT2D eigenvalue weighted by molar-refractivity contribution is 7.92. The third-order valence-electron chi connectivity index (χ3n) is 4.06. The number of pyridine rings is 1. The van der Waals surface area contributed by atoms with E-state index in [4.69, 9.17) is 16.6 Å². The molecule has 0 fully saturated rings. The number of nitrogen functional groups attached to an aromatic ring is 1. The number of amidine groups is 1. The molecule has 1 aromatic heterocycles. The van der Waals surface area contributed by atoms with E-state index in [1.165, 1.54) is 18.3 Å². The fourth-order valence-corrected chi connectivity index (χ4v) is 5.56. The minimum Gasteiger partial charge on any atom is -0.384 e. The van der Waals surface area contributed by atoms with E-state index in [1.54, 1.807) is 13.0 Å². The van der Waals surface area contributed by atoms with Gasteiger partial charge in [0.05, 0.1) is 5.56 Å². The van der Waals surface area contributed by atoms with Gasteiger partial charge in [0, 0.05) is 18.8 Å². The summed E-state index contributed by atoms with van der Waals surface area (Å²) in [5.41, 5.74) is 12.0. The molecule has 0 saturated heterocycles. The minimum atomic E-state index is -4.54. The SMILES string of the molecule is C[C@H](N)CNS(=O)(=O)c1ccc(-c2ccnc(N)c2)c(C2=NCN=N2)c1S(N)(=O)=O. The Bertz CT molecular complexity index is 1250. The van der Waals surface area contributed by atoms with E-state index < -0.39 is 35.9 Å². The van der Waals surface area contributed by atoms with Gasteiger partial charge in [-0.05, 0) is 36.2 Å². The molecule has 0 spiro atoms. The highest BCUT2D eigenvalue weighted by atomic mass is 32.2. The van der Waals surface area contributed by atoms with E-state index in [9.17, 15) is 16.8 Å². The van der Waals surface area contributed by atoms with Gasteiger partial charge in [-0.25, -0.2) is 36.7 Å². The standard InChI is InChI=1S/C16H20N8O4S2/c1-9(17)7-23-30(27,28)12-3-2-11(10-4-5-20-13(18)6-10)14(15(12)29(19,25)26)16-21-8-22-24-16/h2-6,9,23H,7-8,17H2,1H3,(H2,18,20)(H2,19,25,26)/t9-/m0/s1. The van der Waals surface area contributed by atoms with E-state index >= 15 is 0 Å². The first-order valence-corrected chi connectivity index (χ1v) is 11.6. The maximum atomic E-state index is 12.9. The second-order valence-corrected chi connectivity index (χ2v) is 9.76. The Balaban J connectivity index is 2.37. The van der Waals surface area contributed by atoms with Crippen molar-refractivity contribution in [1.29, 1.82) is 0 Å². The molecule has 7 N–H and O–H groups in total. The van der Waals surface area contributed by atoms with Gasteiger partial charge in [-0.15, -0.1) is 5.11 Å². The van der Waals surface area contributed by atoms with Crippen molar-refractivity contribution < 1.29 is 16.8 Å². The van der Waals surface area contributed by atoms with Crippen LogP contribution in [0.2, 0.25) is 0 Å². The largest absolute Gasteiger partial charge is 0.384 e. The number of rotatable bonds is 7. The third kappa shape index (κ3) is 4.52. The summed E-state index contributed by atoms with van der Waals surface area (Å²) in [4.78, 5) is 6.78. The van der Waals surface area contributed by atoms with E-state index in [0.29, 0.717) is 11.1 Å². The molecule has 1 aliphatic heterocycles. The number of nitrogens with zero attached hydrogens (tertiary/aromatic N) is 4. The van der Waals surface area contributed by atoms with Crippen molar-refractivity contribution in [2.45, 2.75) is 22.8 Å². The van der Waals surface area contributed by atoms with Crippen molar-refractivity contribution in [3.8, 4) is 11.1 Å². The lowest BCUT2D eigenvalue weighted by Crippen LogP contribution is -2.36. The summed E-state index contributed by atoms with van der Waals surface area (Å²) in [6, 6.07) is 5.16. The van der Waals surface area contributed by atoms with E-state index in [1.807, 2.05) is 0 Å². The molecule has 0 bridgehead atoms. The molecule has 1 aromatic carbocycles. The number of nitrogens with two attached hydrogens (primary N) is 3. The molecule has 0 saturated carbocycles. The molecular weight excluding hydrogens is 432 g/mol. The molecule has 1 aliphatic rings. The minimum absolute atomic E-state index is 0.0305. The van der Waals surface area contributed by atoms with Crippen LogP contribution in [0.15, 0.2) is 55.5 Å². The fraction of sp³-hybridized carbons (Fsp3) is 0.250. The van der Waals surface area contributed by atoms with Gasteiger partial charge in [-0.2, -0.15) is 5.11 Å². The summed E-state index contributed by atoms with van der Waals surface area (Å²) in [6.45, 7) is 1.46. The summed E-state index contributed by atoms with van der Waals surface area (Å²) >= 11 is 0. The van der Waals surface area contributed by atoms with Crippen LogP contribution in [0.3, 0.4) is 0 Å². The summed E-state index contributed by atoms with van der Waals surface area (Å²) in [6.07, 6.45) is 1.43. The Morgan fingerprint density at radius 1 is 1.20 bits per heavy atom. The highest BCUT2D eigenvalue weighted by Crippen LogP contribution is 2.35. The Hall–Kier alpha value is -2.78. The first-order valence-electron chi connectivity index (χ1n) is 8.60. The first-order chi connectivity index (χ1) is 14.0. The predicted octanol–water partition coefficient (Wildman–Crippen LogP) is -0.226. The van der Waals surface area contributed by atoms with Gasteiger partial charge in [0.1, 0.15) is 15.6 Å². The molecule has 12 nitrogen and oxygen atoms in total. The number of anilines is 1. The van der Waals surface area contributed by atoms with Crippen LogP contribution in [0, 0.1) is 0 Å². The van der Waals surface area contributed by atoms with Gasteiger partial charge in [0.25, 0.3) is 0 Å². The lowest BCUT2D eigenvalue weighted by Gasteiger charge is -2.17. The van der Waals surface area contributed by atoms with Gasteiger partial charge in [0.15, 0.2) is 12.5 Å². The zero-order chi connectivity index (χ0) is 22.1. The number of sulfonamides is 2. The van der Waals surface area contributed by atoms with Gasteiger partial charge in [-0.1, -0.05) is 6.07 Å². The van der Waals surface area contributed by atoms with Crippen molar-refractivity contribution in [2.24, 2.45) is 26.1 Å². The number of aromatic nitrogens is 1. The predicted molar refractivity (Wildman–Crippen MR) is 111 cm³/mol. The summed E-state index contributed by atoms with van der Waals surface area (Å²) in [7, 11) is -8.83. The average Bonchev–Trinajstić information content (AvgIpc) is 3.19. The lowest BCUT2D eigenvalue weighted by atomic mass is 9.99. The molecule has 0 amide bonds. The fourth-order valence-electron chi connectivity index (χ4n) is 2.81. The van der Waals surface area contributed by atoms with Crippen molar-refractivity contribution in [2.75, 3.05) is 18.9 Å². The maximum Gasteiger partial charge on any atom is 0.241 e. The summed E-state index contributed by atoms with van der Waals surface area (Å²) in [5, 5.41) is 13.0. The van der Waals surface area contributed by atoms with Crippen LogP contribution in [0.4, 0.5) is 5.82 Å². The molecule has 0 radical (unpaired) electrons. The smallest absolute Gasteiger partial charge is 0.241 e. The Labute approximate surface area is 173 Å². The van der Waals surface area contributed by atoms with Crippen molar-refractivity contribution in [3.05, 3.63) is 36.0 Å². The molecule has 14 heteroatoms. The van der Waals surface area contributed by atoms with Gasteiger partial charge in [0.2, 0.25) is 20.0 Å². The van der Waals surface area contributed by atoms with Crippen LogP contribution in [0.5, 0.6) is 0 Å². The Morgan fingerprint density at radius 3 is 2.50 bits per heavy atom. The molecule has 30 heavy (non-hydrogen) atoms. The Kier molecular flexibility index (Phi) is 5.96. The first kappa shape index (κ1) is 21.9. The monoisotopic (exact) mass is 452 g/mol. The summed E-state index contributed by atoms with van der Waals surface area (Å²) < 4.78 is 53.1.